The second kappa shape index (κ2) is 10.2. The Labute approximate surface area is 161 Å². The summed E-state index contributed by atoms with van der Waals surface area (Å²) in [5.41, 5.74) is 11.3. The highest BCUT2D eigenvalue weighted by molar-refractivity contribution is 5.80. The van der Waals surface area contributed by atoms with Crippen LogP contribution < -0.4 is 22.1 Å². The highest BCUT2D eigenvalue weighted by atomic mass is 16.7. The minimum atomic E-state index is -1.55. The minimum absolute atomic E-state index is 0.00623. The first kappa shape index (κ1) is 23.3. The van der Waals surface area contributed by atoms with Gasteiger partial charge in [-0.2, -0.15) is 0 Å². The Bertz CT molecular complexity index is 516. The first-order valence-corrected chi connectivity index (χ1v) is 9.03. The molecule has 0 aromatic rings. The molecule has 2 aliphatic rings. The van der Waals surface area contributed by atoms with E-state index in [1.54, 1.807) is 0 Å². The summed E-state index contributed by atoms with van der Waals surface area (Å²) in [6.45, 7) is -0.455. The lowest BCUT2D eigenvalue weighted by atomic mass is 9.84. The summed E-state index contributed by atoms with van der Waals surface area (Å²) in [6, 6.07) is -1.81. The molecule has 13 heteroatoms. The number of aliphatic hydroxyl groups is 6. The smallest absolute Gasteiger partial charge is 0.249 e. The van der Waals surface area contributed by atoms with Crippen molar-refractivity contribution in [1.29, 1.82) is 0 Å². The normalized spacial score (nSPS) is 42.8. The Hall–Kier alpha value is -0.970. The maximum Gasteiger partial charge on any atom is 0.249 e. The third kappa shape index (κ3) is 5.34. The summed E-state index contributed by atoms with van der Waals surface area (Å²) >= 11 is 0. The highest BCUT2D eigenvalue weighted by Crippen LogP contribution is 2.25. The van der Waals surface area contributed by atoms with Crippen molar-refractivity contribution in [2.24, 2.45) is 11.5 Å². The van der Waals surface area contributed by atoms with Crippen LogP contribution in [0.3, 0.4) is 0 Å². The number of amides is 1. The van der Waals surface area contributed by atoms with Gasteiger partial charge in [0.25, 0.3) is 0 Å². The fourth-order valence-electron chi connectivity index (χ4n) is 3.23. The molecule has 1 amide bonds. The summed E-state index contributed by atoms with van der Waals surface area (Å²) in [4.78, 5) is 11.9. The lowest BCUT2D eigenvalue weighted by molar-refractivity contribution is -0.310. The predicted molar refractivity (Wildman–Crippen MR) is 92.0 cm³/mol. The molecule has 0 aromatic carbocycles. The van der Waals surface area contributed by atoms with Crippen LogP contribution in [0.2, 0.25) is 0 Å². The number of hydrogen-bond donors (Lipinski definition) is 10. The zero-order chi connectivity index (χ0) is 21.0. The molecule has 2 rings (SSSR count). The number of carbonyl (C=O) groups excluding carboxylic acids is 1. The Morgan fingerprint density at radius 2 is 1.93 bits per heavy atom. The molecule has 13 nitrogen and oxygen atoms in total. The molecular weight excluding hydrogens is 380 g/mol. The molecule has 10 atom stereocenters. The van der Waals surface area contributed by atoms with Gasteiger partial charge >= 0.3 is 0 Å². The average Bonchev–Trinajstić information content (AvgIpc) is 2.64. The number of morpholine rings is 1. The highest BCUT2D eigenvalue weighted by Gasteiger charge is 2.47. The van der Waals surface area contributed by atoms with Crippen molar-refractivity contribution in [3.8, 4) is 0 Å². The van der Waals surface area contributed by atoms with Crippen LogP contribution in [0.1, 0.15) is 12.8 Å². The Morgan fingerprint density at radius 1 is 1.25 bits per heavy atom. The van der Waals surface area contributed by atoms with E-state index < -0.39 is 73.9 Å². The molecular formula is C15H30N4O9. The third-order valence-electron chi connectivity index (χ3n) is 4.85. The average molecular weight is 410 g/mol. The van der Waals surface area contributed by atoms with E-state index in [4.69, 9.17) is 20.9 Å². The molecule has 12 N–H and O–H groups in total. The van der Waals surface area contributed by atoms with Crippen molar-refractivity contribution in [3.63, 3.8) is 0 Å². The van der Waals surface area contributed by atoms with Gasteiger partial charge in [0.05, 0.1) is 12.6 Å². The number of ether oxygens (including phenoxy) is 2. The van der Waals surface area contributed by atoms with Crippen molar-refractivity contribution in [2.75, 3.05) is 13.2 Å². The van der Waals surface area contributed by atoms with E-state index in [2.05, 4.69) is 10.6 Å². The van der Waals surface area contributed by atoms with Crippen LogP contribution in [0, 0.1) is 0 Å². The summed E-state index contributed by atoms with van der Waals surface area (Å²) in [5, 5.41) is 63.8. The Morgan fingerprint density at radius 3 is 2.54 bits per heavy atom. The molecule has 0 aromatic heterocycles. The van der Waals surface area contributed by atoms with Crippen molar-refractivity contribution < 1.29 is 44.9 Å². The molecule has 2 fully saturated rings. The van der Waals surface area contributed by atoms with Gasteiger partial charge in [0, 0.05) is 6.04 Å². The van der Waals surface area contributed by atoms with Crippen LogP contribution in [0.5, 0.6) is 0 Å². The van der Waals surface area contributed by atoms with Gasteiger partial charge < -0.3 is 56.9 Å². The summed E-state index contributed by atoms with van der Waals surface area (Å²) in [7, 11) is 0. The second-order valence-electron chi connectivity index (χ2n) is 6.97. The molecule has 1 saturated heterocycles. The minimum Gasteiger partial charge on any atom is -0.394 e. The third-order valence-corrected chi connectivity index (χ3v) is 4.85. The number of nitrogens with two attached hydrogens (primary N) is 2. The van der Waals surface area contributed by atoms with Crippen LogP contribution >= 0.6 is 0 Å². The Kier molecular flexibility index (Phi) is 8.47. The molecule has 1 aliphatic carbocycles. The quantitative estimate of drug-likeness (QED) is 0.189. The van der Waals surface area contributed by atoms with Gasteiger partial charge in [-0.25, -0.2) is 0 Å². The van der Waals surface area contributed by atoms with Crippen LogP contribution in [0.15, 0.2) is 0 Å². The van der Waals surface area contributed by atoms with E-state index in [1.165, 1.54) is 0 Å². The molecule has 7 unspecified atom stereocenters. The van der Waals surface area contributed by atoms with Crippen molar-refractivity contribution in [1.82, 2.24) is 10.6 Å². The molecule has 0 radical (unpaired) electrons. The van der Waals surface area contributed by atoms with Gasteiger partial charge in [0.2, 0.25) is 5.91 Å². The summed E-state index contributed by atoms with van der Waals surface area (Å²) in [5.74, 6) is -0.747. The van der Waals surface area contributed by atoms with Gasteiger partial charge in [0.1, 0.15) is 36.7 Å². The van der Waals surface area contributed by atoms with E-state index in [9.17, 15) is 35.4 Å². The van der Waals surface area contributed by atoms with E-state index in [0.29, 0.717) is 0 Å². The molecule has 0 spiro atoms. The predicted octanol–water partition coefficient (Wildman–Crippen LogP) is -6.04. The molecule has 28 heavy (non-hydrogen) atoms. The Balaban J connectivity index is 1.98. The number of aliphatic hydroxyl groups excluding tert-OH is 6. The van der Waals surface area contributed by atoms with Gasteiger partial charge in [-0.05, 0) is 19.4 Å². The van der Waals surface area contributed by atoms with Crippen molar-refractivity contribution >= 4 is 5.91 Å². The monoisotopic (exact) mass is 410 g/mol. The lowest BCUT2D eigenvalue weighted by Gasteiger charge is -2.45. The number of hydrogen-bond acceptors (Lipinski definition) is 12. The first-order chi connectivity index (χ1) is 13.2. The van der Waals surface area contributed by atoms with Crippen LogP contribution in [0.4, 0.5) is 0 Å². The van der Waals surface area contributed by atoms with Gasteiger partial charge in [-0.15, -0.1) is 0 Å². The van der Waals surface area contributed by atoms with E-state index in [1.807, 2.05) is 0 Å². The molecule has 1 aliphatic heterocycles. The maximum atomic E-state index is 11.9. The molecule has 0 bridgehead atoms. The standard InChI is InChI=1S/C15H30N4O9/c16-2-1-7(21)12(24)18-6-3-5(17)11(10(23)9(6)22)28-15-14(26)19-13(25)8(4-20)27-15/h5-11,13-15,19-23,25-26H,1-4,16-17H2,(H,18,24)/t5?,6?,7-,8?,9?,10?,11?,13+,14-,15?/m0/s1. The van der Waals surface area contributed by atoms with Crippen molar-refractivity contribution in [2.45, 2.75) is 74.2 Å². The fourth-order valence-corrected chi connectivity index (χ4v) is 3.23. The maximum absolute atomic E-state index is 11.9. The first-order valence-electron chi connectivity index (χ1n) is 9.03. The van der Waals surface area contributed by atoms with Crippen LogP contribution in [0.25, 0.3) is 0 Å². The topological polar surface area (TPSA) is 233 Å². The SMILES string of the molecule is NCC[C@H](O)C(=O)NC1CC(N)C(OC2OC(CO)[C@@H](O)N[C@H]2O)C(O)C1O. The van der Waals surface area contributed by atoms with Gasteiger partial charge in [0.15, 0.2) is 12.5 Å². The van der Waals surface area contributed by atoms with Crippen LogP contribution in [-0.2, 0) is 14.3 Å². The van der Waals surface area contributed by atoms with E-state index >= 15 is 0 Å². The molecule has 1 heterocycles. The van der Waals surface area contributed by atoms with E-state index in [-0.39, 0.29) is 19.4 Å². The van der Waals surface area contributed by atoms with Crippen molar-refractivity contribution in [3.05, 3.63) is 0 Å². The summed E-state index contributed by atoms with van der Waals surface area (Å²) in [6.07, 6.45) is -10.7. The lowest BCUT2D eigenvalue weighted by Crippen LogP contribution is -2.67. The number of nitrogens with one attached hydrogen (secondary N) is 2. The van der Waals surface area contributed by atoms with Gasteiger partial charge in [-0.3, -0.25) is 10.1 Å². The zero-order valence-electron chi connectivity index (χ0n) is 15.2. The largest absolute Gasteiger partial charge is 0.394 e. The van der Waals surface area contributed by atoms with Crippen LogP contribution in [-0.4, -0.2) is 111 Å². The summed E-state index contributed by atoms with van der Waals surface area (Å²) < 4.78 is 10.7. The molecule has 1 saturated carbocycles. The number of rotatable bonds is 7. The zero-order valence-corrected chi connectivity index (χ0v) is 15.2. The fraction of sp³-hybridized carbons (Fsp3) is 0.933. The number of carbonyl (C=O) groups is 1. The second-order valence-corrected chi connectivity index (χ2v) is 6.97. The van der Waals surface area contributed by atoms with Gasteiger partial charge in [-0.1, -0.05) is 0 Å². The molecule has 164 valence electrons. The van der Waals surface area contributed by atoms with E-state index in [0.717, 1.165) is 0 Å².